The van der Waals surface area contributed by atoms with Crippen LogP contribution in [0, 0.1) is 5.92 Å². The molecule has 0 aromatic heterocycles. The summed E-state index contributed by atoms with van der Waals surface area (Å²) >= 11 is 0. The van der Waals surface area contributed by atoms with Gasteiger partial charge in [0.05, 0.1) is 7.11 Å². The fourth-order valence-corrected chi connectivity index (χ4v) is 4.66. The van der Waals surface area contributed by atoms with E-state index in [0.29, 0.717) is 17.2 Å². The molecule has 0 amide bonds. The van der Waals surface area contributed by atoms with Crippen molar-refractivity contribution in [3.63, 3.8) is 0 Å². The fraction of sp³-hybridized carbons (Fsp3) is 0.208. The number of hydrogen-bond donors (Lipinski definition) is 1. The quantitative estimate of drug-likeness (QED) is 0.581. The molecule has 3 aromatic carbocycles. The van der Waals surface area contributed by atoms with Crippen LogP contribution in [0.4, 0.5) is 0 Å². The van der Waals surface area contributed by atoms with Gasteiger partial charge in [-0.25, -0.2) is 0 Å². The van der Waals surface area contributed by atoms with Crippen molar-refractivity contribution in [3.05, 3.63) is 82.9 Å². The van der Waals surface area contributed by atoms with Gasteiger partial charge >= 0.3 is 29.6 Å². The molecule has 3 aromatic rings. The molecule has 6 nitrogen and oxygen atoms in total. The Bertz CT molecular complexity index is 1130. The molecule has 0 saturated carbocycles. The van der Waals surface area contributed by atoms with E-state index >= 15 is 0 Å². The van der Waals surface area contributed by atoms with Crippen LogP contribution in [0.15, 0.2) is 60.7 Å². The molecule has 0 radical (unpaired) electrons. The minimum atomic E-state index is -1.14. The number of aromatic hydroxyl groups is 1. The molecule has 2 aliphatic rings. The molecular weight excluding hydrogens is 407 g/mol. The Kier molecular flexibility index (Phi) is 5.88. The van der Waals surface area contributed by atoms with Crippen molar-refractivity contribution in [2.45, 2.75) is 11.8 Å². The smallest absolute Gasteiger partial charge is 0.550 e. The van der Waals surface area contributed by atoms with Crippen molar-refractivity contribution in [1.82, 2.24) is 0 Å². The van der Waals surface area contributed by atoms with E-state index in [-0.39, 0.29) is 42.1 Å². The molecule has 5 rings (SSSR count). The summed E-state index contributed by atoms with van der Waals surface area (Å²) in [5.41, 5.74) is 3.25. The molecule has 0 saturated heterocycles. The number of carbonyl (C=O) groups excluding carboxylic acids is 1. The van der Waals surface area contributed by atoms with Gasteiger partial charge in [0.15, 0.2) is 11.5 Å². The number of aliphatic carboxylic acids is 1. The number of ether oxygens (including phenoxy) is 3. The first kappa shape index (κ1) is 21.6. The van der Waals surface area contributed by atoms with Crippen LogP contribution in [0.3, 0.4) is 0 Å². The Morgan fingerprint density at radius 2 is 1.61 bits per heavy atom. The minimum Gasteiger partial charge on any atom is -0.550 e. The van der Waals surface area contributed by atoms with Crippen LogP contribution in [-0.2, 0) is 4.79 Å². The summed E-state index contributed by atoms with van der Waals surface area (Å²) in [6.45, 7) is 0.145. The molecule has 0 fully saturated rings. The minimum absolute atomic E-state index is 0. The van der Waals surface area contributed by atoms with Gasteiger partial charge in [-0.15, -0.1) is 0 Å². The maximum absolute atomic E-state index is 12.4. The predicted molar refractivity (Wildman–Crippen MR) is 106 cm³/mol. The van der Waals surface area contributed by atoms with E-state index < -0.39 is 23.7 Å². The number of phenols is 1. The van der Waals surface area contributed by atoms with E-state index in [1.54, 1.807) is 43.5 Å². The van der Waals surface area contributed by atoms with Crippen LogP contribution in [0.1, 0.15) is 34.1 Å². The Morgan fingerprint density at radius 1 is 0.935 bits per heavy atom. The number of carboxylic acid groups (broad SMARTS) is 1. The van der Waals surface area contributed by atoms with Gasteiger partial charge in [0.2, 0.25) is 6.79 Å². The Balaban J connectivity index is 0.00000231. The van der Waals surface area contributed by atoms with Crippen molar-refractivity contribution >= 4 is 5.97 Å². The summed E-state index contributed by atoms with van der Waals surface area (Å²) in [5, 5.41) is 22.6. The van der Waals surface area contributed by atoms with E-state index in [1.165, 1.54) is 0 Å². The molecule has 1 aliphatic heterocycles. The van der Waals surface area contributed by atoms with Gasteiger partial charge in [0.1, 0.15) is 11.5 Å². The molecule has 152 valence electrons. The van der Waals surface area contributed by atoms with Crippen LogP contribution in [0.5, 0.6) is 23.0 Å². The molecule has 31 heavy (non-hydrogen) atoms. The number of rotatable bonds is 4. The second-order valence-corrected chi connectivity index (χ2v) is 7.50. The molecule has 3 unspecified atom stereocenters. The molecular formula is C24H19NaO6. The maximum atomic E-state index is 12.4. The fourth-order valence-electron chi connectivity index (χ4n) is 4.66. The normalized spacial score (nSPS) is 20.6. The van der Waals surface area contributed by atoms with Gasteiger partial charge in [-0.3, -0.25) is 0 Å². The van der Waals surface area contributed by atoms with Crippen LogP contribution in [0.2, 0.25) is 0 Å². The average molecular weight is 426 g/mol. The number of hydrogen-bond acceptors (Lipinski definition) is 6. The third-order valence-corrected chi connectivity index (χ3v) is 5.96. The van der Waals surface area contributed by atoms with Crippen molar-refractivity contribution in [1.29, 1.82) is 0 Å². The van der Waals surface area contributed by atoms with E-state index in [1.807, 2.05) is 24.3 Å². The summed E-state index contributed by atoms with van der Waals surface area (Å²) < 4.78 is 16.1. The molecule has 1 aliphatic carbocycles. The molecule has 3 atom stereocenters. The van der Waals surface area contributed by atoms with Gasteiger partial charge in [-0.05, 0) is 58.7 Å². The number of carbonyl (C=O) groups is 1. The largest absolute Gasteiger partial charge is 1.00 e. The van der Waals surface area contributed by atoms with E-state index in [2.05, 4.69) is 0 Å². The first-order valence-corrected chi connectivity index (χ1v) is 9.64. The second-order valence-electron chi connectivity index (χ2n) is 7.50. The molecule has 7 heteroatoms. The monoisotopic (exact) mass is 426 g/mol. The van der Waals surface area contributed by atoms with Crippen molar-refractivity contribution in [2.75, 3.05) is 13.9 Å². The van der Waals surface area contributed by atoms with Gasteiger partial charge in [0.25, 0.3) is 0 Å². The standard InChI is InChI=1S/C24H20O6.Na/c1-28-16-6-2-13(3-7-16)21-18-11-15(25)5-8-17(18)22(23(21)24(26)27)14-4-9-19-20(10-14)30-12-29-19;/h2-11,21-23,25H,12H2,1H3,(H,26,27);/q;+1/p-1. The summed E-state index contributed by atoms with van der Waals surface area (Å²) in [4.78, 5) is 12.4. The summed E-state index contributed by atoms with van der Waals surface area (Å²) in [7, 11) is 1.58. The number of carboxylic acids is 1. The van der Waals surface area contributed by atoms with Gasteiger partial charge < -0.3 is 29.2 Å². The number of fused-ring (bicyclic) bond motifs is 2. The molecule has 0 bridgehead atoms. The van der Waals surface area contributed by atoms with E-state index in [4.69, 9.17) is 14.2 Å². The summed E-state index contributed by atoms with van der Waals surface area (Å²) in [6.07, 6.45) is 0. The van der Waals surface area contributed by atoms with Crippen molar-refractivity contribution in [3.8, 4) is 23.0 Å². The topological polar surface area (TPSA) is 88.1 Å². The van der Waals surface area contributed by atoms with Gasteiger partial charge in [-0.2, -0.15) is 0 Å². The average Bonchev–Trinajstić information content (AvgIpc) is 3.35. The van der Waals surface area contributed by atoms with Gasteiger partial charge in [-0.1, -0.05) is 24.3 Å². The Morgan fingerprint density at radius 3 is 2.32 bits per heavy atom. The van der Waals surface area contributed by atoms with Crippen LogP contribution in [-0.4, -0.2) is 25.0 Å². The third-order valence-electron chi connectivity index (χ3n) is 5.96. The summed E-state index contributed by atoms with van der Waals surface area (Å²) in [6, 6.07) is 17.8. The zero-order valence-electron chi connectivity index (χ0n) is 17.2. The first-order chi connectivity index (χ1) is 14.6. The molecule has 1 N–H and O–H groups in total. The zero-order valence-corrected chi connectivity index (χ0v) is 19.2. The van der Waals surface area contributed by atoms with Crippen LogP contribution in [0.25, 0.3) is 0 Å². The Hall–Kier alpha value is -2.67. The molecule has 1 heterocycles. The zero-order chi connectivity index (χ0) is 20.8. The van der Waals surface area contributed by atoms with E-state index in [0.717, 1.165) is 22.3 Å². The van der Waals surface area contributed by atoms with E-state index in [9.17, 15) is 15.0 Å². The maximum Gasteiger partial charge on any atom is 1.00 e. The van der Waals surface area contributed by atoms with Crippen LogP contribution >= 0.6 is 0 Å². The second kappa shape index (κ2) is 8.46. The third kappa shape index (κ3) is 3.65. The summed E-state index contributed by atoms with van der Waals surface area (Å²) in [5.74, 6) is -0.909. The Labute approximate surface area is 201 Å². The number of methoxy groups -OCH3 is 1. The van der Waals surface area contributed by atoms with Crippen molar-refractivity contribution < 1.29 is 58.8 Å². The van der Waals surface area contributed by atoms with Crippen LogP contribution < -0.4 is 48.9 Å². The first-order valence-electron chi connectivity index (χ1n) is 9.64. The number of phenolic OH excluding ortho intramolecular Hbond substituents is 1. The van der Waals surface area contributed by atoms with Crippen molar-refractivity contribution in [2.24, 2.45) is 5.92 Å². The molecule has 0 spiro atoms. The SMILES string of the molecule is COc1ccc(C2c3cc(O)ccc3C(c3ccc4c(c3)OCO4)C2C(=O)[O-])cc1.[Na+]. The number of benzene rings is 3. The predicted octanol–water partition coefficient (Wildman–Crippen LogP) is -0.223. The van der Waals surface area contributed by atoms with Gasteiger partial charge in [0, 0.05) is 23.7 Å².